The van der Waals surface area contributed by atoms with Gasteiger partial charge in [0.15, 0.2) is 0 Å². The molecule has 0 aliphatic carbocycles. The molecule has 2 nitrogen and oxygen atoms in total. The molecule has 0 spiro atoms. The van der Waals surface area contributed by atoms with Gasteiger partial charge >= 0.3 is 0 Å². The first-order valence-corrected chi connectivity index (χ1v) is 11.2. The van der Waals surface area contributed by atoms with E-state index in [0.717, 1.165) is 6.42 Å². The third-order valence-corrected chi connectivity index (χ3v) is 7.61. The minimum absolute atomic E-state index is 0.0607. The van der Waals surface area contributed by atoms with E-state index < -0.39 is 0 Å². The zero-order valence-corrected chi connectivity index (χ0v) is 19.7. The van der Waals surface area contributed by atoms with Crippen molar-refractivity contribution in [3.63, 3.8) is 0 Å². The predicted octanol–water partition coefficient (Wildman–Crippen LogP) is 5.55. The summed E-state index contributed by atoms with van der Waals surface area (Å²) in [5.74, 6) is 1.91. The summed E-state index contributed by atoms with van der Waals surface area (Å²) < 4.78 is 0. The first kappa shape index (κ1) is 24.7. The van der Waals surface area contributed by atoms with Crippen LogP contribution in [-0.2, 0) is 0 Å². The highest BCUT2D eigenvalue weighted by Crippen LogP contribution is 2.53. The van der Waals surface area contributed by atoms with Crippen molar-refractivity contribution in [1.29, 1.82) is 0 Å². The Labute approximate surface area is 173 Å². The fraction of sp³-hybridized carbons (Fsp3) is 0.913. The molecule has 0 aromatic carbocycles. The minimum Gasteiger partial charge on any atom is -0.386 e. The third kappa shape index (κ3) is 5.81. The Hall–Kier alpha value is -0.370. The first-order valence-electron chi connectivity index (χ1n) is 11.2. The average Bonchev–Trinajstić information content (AvgIpc) is 2.57. The van der Waals surface area contributed by atoms with Gasteiger partial charge in [0.05, 0.1) is 0 Å². The fourth-order valence-corrected chi connectivity index (χ4v) is 5.83. The lowest BCUT2D eigenvalue weighted by Gasteiger charge is -2.54. The highest BCUT2D eigenvalue weighted by atomic mass is 15.1. The van der Waals surface area contributed by atoms with E-state index in [0.29, 0.717) is 23.2 Å². The highest BCUT2D eigenvalue weighted by Gasteiger charge is 2.48. The van der Waals surface area contributed by atoms with Crippen LogP contribution in [0.3, 0.4) is 0 Å². The summed E-state index contributed by atoms with van der Waals surface area (Å²) in [5, 5.41) is 3.66. The number of nitrogens with zero attached hydrogens (tertiary/aromatic N) is 1. The van der Waals surface area contributed by atoms with Crippen LogP contribution in [-0.4, -0.2) is 38.0 Å². The van der Waals surface area contributed by atoms with Crippen LogP contribution in [0, 0.1) is 23.2 Å². The van der Waals surface area contributed by atoms with Crippen molar-refractivity contribution < 1.29 is 0 Å². The topological polar surface area (TPSA) is 15.3 Å². The van der Waals surface area contributed by atoms with Crippen molar-refractivity contribution in [3.8, 4) is 0 Å². The normalized spacial score (nSPS) is 30.9. The van der Waals surface area contributed by atoms with Gasteiger partial charge in [-0.1, -0.05) is 46.6 Å². The van der Waals surface area contributed by atoms with E-state index >= 15 is 0 Å². The second kappa shape index (κ2) is 9.90. The van der Waals surface area contributed by atoms with Crippen LogP contribution < -0.4 is 5.32 Å². The predicted molar refractivity (Wildman–Crippen MR) is 123 cm³/mol. The van der Waals surface area contributed by atoms with Crippen LogP contribution in [0.15, 0.2) is 12.3 Å². The molecule has 27 heavy (non-hydrogen) atoms. The number of nitrogens with one attached hydrogen (secondary N) is 1. The Morgan fingerprint density at radius 1 is 1.33 bits per heavy atom. The summed E-state index contributed by atoms with van der Waals surface area (Å²) in [5.41, 5.74) is 0.520. The molecule has 1 aliphatic rings. The van der Waals surface area contributed by atoms with E-state index in [2.05, 4.69) is 84.8 Å². The van der Waals surface area contributed by atoms with Gasteiger partial charge in [0.2, 0.25) is 0 Å². The van der Waals surface area contributed by atoms with Gasteiger partial charge in [0, 0.05) is 18.8 Å². The van der Waals surface area contributed by atoms with Gasteiger partial charge < -0.3 is 10.1 Å². The van der Waals surface area contributed by atoms with E-state index in [-0.39, 0.29) is 11.1 Å². The standard InChI is InChI=1S/C23H45B2N2/c1-10-12-13-20-14-15-26-21(5,6)16-18(3)23(20,11-2)19(4)17-22(7,8)27(9)25-24/h14-15,18-20,26H,10-13,16-17H2,1-9H3/b15-14+. The van der Waals surface area contributed by atoms with E-state index in [4.69, 9.17) is 7.74 Å². The molecule has 0 bridgehead atoms. The maximum atomic E-state index is 5.86. The van der Waals surface area contributed by atoms with Crippen LogP contribution in [0.25, 0.3) is 0 Å². The van der Waals surface area contributed by atoms with Gasteiger partial charge in [-0.15, -0.1) is 0 Å². The number of hydrogen-bond acceptors (Lipinski definition) is 2. The van der Waals surface area contributed by atoms with Gasteiger partial charge in [-0.3, -0.25) is 0 Å². The van der Waals surface area contributed by atoms with Crippen LogP contribution in [0.1, 0.15) is 93.9 Å². The van der Waals surface area contributed by atoms with Crippen molar-refractivity contribution in [3.05, 3.63) is 12.3 Å². The summed E-state index contributed by atoms with van der Waals surface area (Å²) in [7, 11) is 9.70. The van der Waals surface area contributed by atoms with Gasteiger partial charge in [-0.2, -0.15) is 0 Å². The van der Waals surface area contributed by atoms with Crippen molar-refractivity contribution >= 4 is 15.0 Å². The summed E-state index contributed by atoms with van der Waals surface area (Å²) >= 11 is 0. The molecule has 0 fully saturated rings. The summed E-state index contributed by atoms with van der Waals surface area (Å²) in [6, 6.07) is 0. The number of allylic oxidation sites excluding steroid dienone is 1. The van der Waals surface area contributed by atoms with Crippen molar-refractivity contribution in [2.24, 2.45) is 23.2 Å². The van der Waals surface area contributed by atoms with Crippen LogP contribution in [0.4, 0.5) is 0 Å². The molecule has 0 amide bonds. The summed E-state index contributed by atoms with van der Waals surface area (Å²) in [4.78, 5) is 2.18. The first-order chi connectivity index (χ1) is 12.5. The van der Waals surface area contributed by atoms with Crippen molar-refractivity contribution in [2.75, 3.05) is 7.05 Å². The smallest absolute Gasteiger partial charge is 0.149 e. The van der Waals surface area contributed by atoms with E-state index in [1.54, 1.807) is 7.31 Å². The molecular weight excluding hydrogens is 326 g/mol. The number of hydrogen-bond donors (Lipinski definition) is 1. The maximum Gasteiger partial charge on any atom is 0.149 e. The Morgan fingerprint density at radius 3 is 2.48 bits per heavy atom. The quantitative estimate of drug-likeness (QED) is 0.535. The SMILES string of the molecule is [B][B]N(C)C(C)(C)CC(C)C1(CC)C(C)CC(C)(C)N/C=C/C1CCCC. The van der Waals surface area contributed by atoms with Crippen molar-refractivity contribution in [2.45, 2.75) is 105 Å². The lowest BCUT2D eigenvalue weighted by molar-refractivity contribution is -0.0108. The Kier molecular flexibility index (Phi) is 9.04. The van der Waals surface area contributed by atoms with E-state index in [9.17, 15) is 0 Å². The van der Waals surface area contributed by atoms with Crippen LogP contribution in [0.5, 0.6) is 0 Å². The Morgan fingerprint density at radius 2 is 1.96 bits per heavy atom. The Bertz CT molecular complexity index is 475. The van der Waals surface area contributed by atoms with Crippen LogP contribution >= 0.6 is 0 Å². The second-order valence-electron chi connectivity index (χ2n) is 10.4. The maximum absolute atomic E-state index is 5.86. The molecular formula is C23H45B2N2. The molecule has 0 aromatic heterocycles. The molecule has 0 aromatic rings. The molecule has 0 saturated heterocycles. The van der Waals surface area contributed by atoms with Gasteiger partial charge in [-0.25, -0.2) is 0 Å². The van der Waals surface area contributed by atoms with E-state index in [1.807, 2.05) is 0 Å². The van der Waals surface area contributed by atoms with Crippen molar-refractivity contribution in [1.82, 2.24) is 10.1 Å². The largest absolute Gasteiger partial charge is 0.386 e. The highest BCUT2D eigenvalue weighted by molar-refractivity contribution is 6.87. The van der Waals surface area contributed by atoms with Gasteiger partial charge in [0.25, 0.3) is 0 Å². The van der Waals surface area contributed by atoms with Crippen LogP contribution in [0.2, 0.25) is 0 Å². The summed E-state index contributed by atoms with van der Waals surface area (Å²) in [6.45, 7) is 19.1. The number of unbranched alkanes of at least 4 members (excludes halogenated alkanes) is 1. The molecule has 1 heterocycles. The summed E-state index contributed by atoms with van der Waals surface area (Å²) in [6.07, 6.45) is 12.2. The minimum atomic E-state index is 0.0607. The molecule has 4 heteroatoms. The zero-order valence-electron chi connectivity index (χ0n) is 19.7. The molecule has 1 aliphatic heterocycles. The Balaban J connectivity index is 3.32. The fourth-order valence-electron chi connectivity index (χ4n) is 5.83. The zero-order chi connectivity index (χ0) is 20.9. The average molecular weight is 371 g/mol. The molecule has 153 valence electrons. The monoisotopic (exact) mass is 371 g/mol. The molecule has 1 N–H and O–H groups in total. The molecule has 1 rings (SSSR count). The molecule has 4 unspecified atom stereocenters. The van der Waals surface area contributed by atoms with Gasteiger partial charge in [0.1, 0.15) is 7.31 Å². The lowest BCUT2D eigenvalue weighted by Crippen LogP contribution is -2.52. The lowest BCUT2D eigenvalue weighted by atomic mass is 9.53. The molecule has 4 atom stereocenters. The third-order valence-electron chi connectivity index (χ3n) is 7.61. The van der Waals surface area contributed by atoms with Gasteiger partial charge in [-0.05, 0) is 89.8 Å². The van der Waals surface area contributed by atoms with E-state index in [1.165, 1.54) is 32.1 Å². The molecule has 0 saturated carbocycles. The molecule has 3 radical (unpaired) electrons. The number of rotatable bonds is 9. The second-order valence-corrected chi connectivity index (χ2v) is 10.4.